The molecule has 1 aliphatic rings. The van der Waals surface area contributed by atoms with Crippen molar-refractivity contribution in [1.82, 2.24) is 10.2 Å². The molecule has 1 aliphatic heterocycles. The van der Waals surface area contributed by atoms with Gasteiger partial charge in [0.15, 0.2) is 9.84 Å². The highest BCUT2D eigenvalue weighted by Crippen LogP contribution is 2.16. The zero-order valence-corrected chi connectivity index (χ0v) is 14.5. The van der Waals surface area contributed by atoms with E-state index in [-0.39, 0.29) is 17.4 Å². The number of amides is 1. The first-order valence-corrected chi connectivity index (χ1v) is 9.99. The van der Waals surface area contributed by atoms with E-state index in [2.05, 4.69) is 5.32 Å². The number of sulfone groups is 1. The van der Waals surface area contributed by atoms with Crippen LogP contribution in [0.25, 0.3) is 0 Å². The molecule has 0 saturated carbocycles. The number of carbonyl (C=O) groups excluding carboxylic acids is 1. The summed E-state index contributed by atoms with van der Waals surface area (Å²) in [4.78, 5) is 13.9. The maximum atomic E-state index is 12.2. The predicted octanol–water partition coefficient (Wildman–Crippen LogP) is 1.10. The molecule has 5 nitrogen and oxygen atoms in total. The first-order chi connectivity index (χ1) is 11.0. The van der Waals surface area contributed by atoms with E-state index in [1.165, 1.54) is 0 Å². The van der Waals surface area contributed by atoms with Crippen molar-refractivity contribution in [3.63, 3.8) is 0 Å². The lowest BCUT2D eigenvalue weighted by atomic mass is 10.1. The fraction of sp³-hybridized carbons (Fsp3) is 0.588. The van der Waals surface area contributed by atoms with Crippen molar-refractivity contribution in [2.45, 2.75) is 19.3 Å². The Balaban J connectivity index is 1.76. The third kappa shape index (κ3) is 5.95. The molecule has 1 heterocycles. The zero-order chi connectivity index (χ0) is 16.7. The second-order valence-electron chi connectivity index (χ2n) is 6.23. The Kier molecular flexibility index (Phi) is 6.59. The lowest BCUT2D eigenvalue weighted by molar-refractivity contribution is -0.127. The second kappa shape index (κ2) is 8.45. The van der Waals surface area contributed by atoms with E-state index < -0.39 is 9.84 Å². The standard InChI is InChI=1S/C17H26N2O3S/c1-18-12-16-9-10-19(13-16)17(20)14-23(21,22)11-5-8-15-6-3-2-4-7-15/h2-4,6-7,16,18H,5,8-14H2,1H3. The molecule has 6 heteroatoms. The Morgan fingerprint density at radius 3 is 2.74 bits per heavy atom. The van der Waals surface area contributed by atoms with Gasteiger partial charge in [-0.1, -0.05) is 30.3 Å². The number of carbonyl (C=O) groups is 1. The van der Waals surface area contributed by atoms with E-state index in [4.69, 9.17) is 0 Å². The highest BCUT2D eigenvalue weighted by molar-refractivity contribution is 7.92. The maximum absolute atomic E-state index is 12.2. The van der Waals surface area contributed by atoms with Gasteiger partial charge in [-0.2, -0.15) is 0 Å². The summed E-state index contributed by atoms with van der Waals surface area (Å²) in [6.45, 7) is 2.21. The number of aryl methyl sites for hydroxylation is 1. The lowest BCUT2D eigenvalue weighted by Gasteiger charge is -2.16. The largest absolute Gasteiger partial charge is 0.341 e. The minimum absolute atomic E-state index is 0.0709. The van der Waals surface area contributed by atoms with Crippen LogP contribution in [0, 0.1) is 5.92 Å². The van der Waals surface area contributed by atoms with Crippen LogP contribution >= 0.6 is 0 Å². The van der Waals surface area contributed by atoms with Crippen molar-refractivity contribution in [2.24, 2.45) is 5.92 Å². The summed E-state index contributed by atoms with van der Waals surface area (Å²) < 4.78 is 24.3. The second-order valence-corrected chi connectivity index (χ2v) is 8.42. The van der Waals surface area contributed by atoms with Crippen molar-refractivity contribution in [3.05, 3.63) is 35.9 Å². The summed E-state index contributed by atoms with van der Waals surface area (Å²) >= 11 is 0. The van der Waals surface area contributed by atoms with Gasteiger partial charge in [0.05, 0.1) is 5.75 Å². The van der Waals surface area contributed by atoms with Crippen LogP contribution in [-0.4, -0.2) is 57.4 Å². The van der Waals surface area contributed by atoms with Crippen LogP contribution in [0.3, 0.4) is 0 Å². The summed E-state index contributed by atoms with van der Waals surface area (Å²) in [5.41, 5.74) is 1.13. The van der Waals surface area contributed by atoms with E-state index in [1.54, 1.807) is 4.90 Å². The highest BCUT2D eigenvalue weighted by Gasteiger charge is 2.28. The molecule has 0 aliphatic carbocycles. The molecule has 1 fully saturated rings. The van der Waals surface area contributed by atoms with E-state index in [0.717, 1.165) is 24.9 Å². The van der Waals surface area contributed by atoms with Gasteiger partial charge >= 0.3 is 0 Å². The monoisotopic (exact) mass is 338 g/mol. The molecular weight excluding hydrogens is 312 g/mol. The van der Waals surface area contributed by atoms with E-state index >= 15 is 0 Å². The molecule has 1 aromatic carbocycles. The molecule has 0 bridgehead atoms. The van der Waals surface area contributed by atoms with Crippen molar-refractivity contribution >= 4 is 15.7 Å². The molecule has 1 aromatic rings. The van der Waals surface area contributed by atoms with Gasteiger partial charge in [0.1, 0.15) is 5.75 Å². The Bertz CT molecular complexity index is 602. The fourth-order valence-electron chi connectivity index (χ4n) is 3.01. The predicted molar refractivity (Wildman–Crippen MR) is 92.0 cm³/mol. The molecule has 1 unspecified atom stereocenters. The van der Waals surface area contributed by atoms with Gasteiger partial charge in [-0.3, -0.25) is 4.79 Å². The molecule has 2 rings (SSSR count). The SMILES string of the molecule is CNCC1CCN(C(=O)CS(=O)(=O)CCCc2ccccc2)C1. The summed E-state index contributed by atoms with van der Waals surface area (Å²) in [6.07, 6.45) is 2.23. The Hall–Kier alpha value is -1.40. The molecule has 128 valence electrons. The number of nitrogens with zero attached hydrogens (tertiary/aromatic N) is 1. The van der Waals surface area contributed by atoms with Crippen LogP contribution in [0.5, 0.6) is 0 Å². The molecule has 0 spiro atoms. The van der Waals surface area contributed by atoms with Gasteiger partial charge in [0, 0.05) is 13.1 Å². The number of rotatable bonds is 8. The first-order valence-electron chi connectivity index (χ1n) is 8.17. The molecule has 0 radical (unpaired) electrons. The third-order valence-corrected chi connectivity index (χ3v) is 5.84. The number of hydrogen-bond donors (Lipinski definition) is 1. The van der Waals surface area contributed by atoms with Crippen molar-refractivity contribution in [3.8, 4) is 0 Å². The quantitative estimate of drug-likeness (QED) is 0.771. The van der Waals surface area contributed by atoms with Crippen molar-refractivity contribution in [1.29, 1.82) is 0 Å². The molecular formula is C17H26N2O3S. The average molecular weight is 338 g/mol. The van der Waals surface area contributed by atoms with Crippen LogP contribution in [0.1, 0.15) is 18.4 Å². The van der Waals surface area contributed by atoms with Gasteiger partial charge in [0.25, 0.3) is 0 Å². The van der Waals surface area contributed by atoms with Crippen LogP contribution < -0.4 is 5.32 Å². The van der Waals surface area contributed by atoms with Gasteiger partial charge < -0.3 is 10.2 Å². The maximum Gasteiger partial charge on any atom is 0.237 e. The minimum atomic E-state index is -3.32. The van der Waals surface area contributed by atoms with Crippen LogP contribution in [0.2, 0.25) is 0 Å². The molecule has 23 heavy (non-hydrogen) atoms. The van der Waals surface area contributed by atoms with Crippen LogP contribution in [0.15, 0.2) is 30.3 Å². The van der Waals surface area contributed by atoms with Crippen LogP contribution in [0.4, 0.5) is 0 Å². The van der Waals surface area contributed by atoms with E-state index in [0.29, 0.717) is 25.4 Å². The average Bonchev–Trinajstić information content (AvgIpc) is 2.97. The Morgan fingerprint density at radius 2 is 2.04 bits per heavy atom. The normalized spacial score (nSPS) is 18.3. The Morgan fingerprint density at radius 1 is 1.30 bits per heavy atom. The van der Waals surface area contributed by atoms with Gasteiger partial charge in [0.2, 0.25) is 5.91 Å². The number of benzene rings is 1. The lowest BCUT2D eigenvalue weighted by Crippen LogP contribution is -2.35. The molecule has 1 N–H and O–H groups in total. The summed E-state index contributed by atoms with van der Waals surface area (Å²) in [5.74, 6) is -0.0943. The Labute approximate surface area is 139 Å². The smallest absolute Gasteiger partial charge is 0.237 e. The van der Waals surface area contributed by atoms with Crippen LogP contribution in [-0.2, 0) is 21.1 Å². The molecule has 1 atom stereocenters. The van der Waals surface area contributed by atoms with Crippen molar-refractivity contribution < 1.29 is 13.2 Å². The highest BCUT2D eigenvalue weighted by atomic mass is 32.2. The molecule has 1 saturated heterocycles. The summed E-state index contributed by atoms with van der Waals surface area (Å²) in [6, 6.07) is 9.81. The summed E-state index contributed by atoms with van der Waals surface area (Å²) in [5, 5.41) is 3.10. The molecule has 0 aromatic heterocycles. The number of nitrogens with one attached hydrogen (secondary N) is 1. The third-order valence-electron chi connectivity index (χ3n) is 4.24. The fourth-order valence-corrected chi connectivity index (χ4v) is 4.29. The van der Waals surface area contributed by atoms with Gasteiger partial charge in [-0.25, -0.2) is 8.42 Å². The van der Waals surface area contributed by atoms with Gasteiger partial charge in [-0.05, 0) is 44.3 Å². The zero-order valence-electron chi connectivity index (χ0n) is 13.7. The van der Waals surface area contributed by atoms with E-state index in [1.807, 2.05) is 37.4 Å². The van der Waals surface area contributed by atoms with Crippen molar-refractivity contribution in [2.75, 3.05) is 38.2 Å². The minimum Gasteiger partial charge on any atom is -0.341 e. The summed E-state index contributed by atoms with van der Waals surface area (Å²) in [7, 11) is -1.43. The molecule has 1 amide bonds. The van der Waals surface area contributed by atoms with E-state index in [9.17, 15) is 13.2 Å². The number of hydrogen-bond acceptors (Lipinski definition) is 4. The first kappa shape index (κ1) is 17.9. The van der Waals surface area contributed by atoms with Gasteiger partial charge in [-0.15, -0.1) is 0 Å². The topological polar surface area (TPSA) is 66.5 Å². The number of likely N-dealkylation sites (tertiary alicyclic amines) is 1.